The molecule has 4 heteroatoms. The molecule has 1 aromatic rings. The fourth-order valence-corrected chi connectivity index (χ4v) is 2.21. The Bertz CT molecular complexity index is 324. The van der Waals surface area contributed by atoms with Gasteiger partial charge >= 0.3 is 0 Å². The van der Waals surface area contributed by atoms with Crippen LogP contribution in [-0.4, -0.2) is 34.8 Å². The average Bonchev–Trinajstić information content (AvgIpc) is 2.65. The average molecular weight is 223 g/mol. The highest BCUT2D eigenvalue weighted by Gasteiger charge is 2.18. The van der Waals surface area contributed by atoms with Crippen LogP contribution in [0.5, 0.6) is 0 Å². The first-order chi connectivity index (χ1) is 7.75. The van der Waals surface area contributed by atoms with Crippen LogP contribution >= 0.6 is 0 Å². The molecule has 1 saturated heterocycles. The number of rotatable bonds is 4. The summed E-state index contributed by atoms with van der Waals surface area (Å²) in [6, 6.07) is 0.618. The molecule has 4 nitrogen and oxygen atoms in total. The zero-order chi connectivity index (χ0) is 11.4. The van der Waals surface area contributed by atoms with Crippen molar-refractivity contribution in [3.63, 3.8) is 0 Å². The molecule has 0 spiro atoms. The van der Waals surface area contributed by atoms with Crippen molar-refractivity contribution in [3.8, 4) is 0 Å². The number of hydrogen-bond acceptors (Lipinski definition) is 3. The van der Waals surface area contributed by atoms with Gasteiger partial charge in [-0.3, -0.25) is 0 Å². The summed E-state index contributed by atoms with van der Waals surface area (Å²) in [5.74, 6) is 1.09. The summed E-state index contributed by atoms with van der Waals surface area (Å²) in [6.45, 7) is 7.08. The van der Waals surface area contributed by atoms with Crippen LogP contribution in [-0.2, 0) is 11.3 Å². The highest BCUT2D eigenvalue weighted by Crippen LogP contribution is 2.12. The molecule has 1 aliphatic rings. The predicted octanol–water partition coefficient (Wildman–Crippen LogP) is 1.35. The van der Waals surface area contributed by atoms with E-state index in [1.54, 1.807) is 0 Å². The van der Waals surface area contributed by atoms with E-state index in [1.165, 1.54) is 0 Å². The van der Waals surface area contributed by atoms with E-state index in [2.05, 4.69) is 21.8 Å². The molecule has 1 N–H and O–H groups in total. The highest BCUT2D eigenvalue weighted by molar-refractivity contribution is 4.88. The molecule has 0 aliphatic carbocycles. The van der Waals surface area contributed by atoms with Gasteiger partial charge in [0, 0.05) is 38.1 Å². The lowest BCUT2D eigenvalue weighted by molar-refractivity contribution is 0.0133. The Hall–Kier alpha value is -0.870. The molecule has 2 atom stereocenters. The van der Waals surface area contributed by atoms with E-state index in [0.29, 0.717) is 12.1 Å². The van der Waals surface area contributed by atoms with Gasteiger partial charge in [-0.15, -0.1) is 0 Å². The summed E-state index contributed by atoms with van der Waals surface area (Å²) in [7, 11) is 0. The molecule has 0 amide bonds. The lowest BCUT2D eigenvalue weighted by Gasteiger charge is -2.28. The van der Waals surface area contributed by atoms with Gasteiger partial charge in [0.05, 0.1) is 6.10 Å². The van der Waals surface area contributed by atoms with Crippen molar-refractivity contribution < 1.29 is 4.74 Å². The van der Waals surface area contributed by atoms with E-state index < -0.39 is 0 Å². The maximum atomic E-state index is 5.52. The monoisotopic (exact) mass is 223 g/mol. The number of aromatic nitrogens is 2. The first-order valence-corrected chi connectivity index (χ1v) is 6.08. The van der Waals surface area contributed by atoms with Gasteiger partial charge in [0.25, 0.3) is 0 Å². The number of nitrogens with zero attached hydrogens (tertiary/aromatic N) is 2. The smallest absolute Gasteiger partial charge is 0.105 e. The van der Waals surface area contributed by atoms with E-state index in [4.69, 9.17) is 4.74 Å². The maximum Gasteiger partial charge on any atom is 0.105 e. The van der Waals surface area contributed by atoms with Gasteiger partial charge in [0.1, 0.15) is 5.82 Å². The molecule has 2 heterocycles. The summed E-state index contributed by atoms with van der Waals surface area (Å²) in [5.41, 5.74) is 0. The third-order valence-electron chi connectivity index (χ3n) is 3.19. The maximum absolute atomic E-state index is 5.52. The van der Waals surface area contributed by atoms with Crippen LogP contribution in [0.15, 0.2) is 12.4 Å². The largest absolute Gasteiger partial charge is 0.378 e. The van der Waals surface area contributed by atoms with Crippen molar-refractivity contribution in [2.24, 2.45) is 0 Å². The molecule has 0 saturated carbocycles. The molecule has 1 fully saturated rings. The molecule has 0 radical (unpaired) electrons. The fraction of sp³-hybridized carbons (Fsp3) is 0.750. The van der Waals surface area contributed by atoms with Crippen molar-refractivity contribution in [1.82, 2.24) is 14.9 Å². The SMILES string of the molecule is Cc1nccn1CCNC1CCOC(C)C1. The zero-order valence-electron chi connectivity index (χ0n) is 10.1. The van der Waals surface area contributed by atoms with Crippen LogP contribution in [0.1, 0.15) is 25.6 Å². The number of aryl methyl sites for hydroxylation is 1. The molecular weight excluding hydrogens is 202 g/mol. The molecule has 0 aromatic carbocycles. The van der Waals surface area contributed by atoms with Crippen LogP contribution in [0.4, 0.5) is 0 Å². The second-order valence-corrected chi connectivity index (χ2v) is 4.52. The van der Waals surface area contributed by atoms with Crippen LogP contribution in [0.3, 0.4) is 0 Å². The van der Waals surface area contributed by atoms with Gasteiger partial charge in [-0.05, 0) is 26.7 Å². The van der Waals surface area contributed by atoms with Crippen LogP contribution in [0.25, 0.3) is 0 Å². The van der Waals surface area contributed by atoms with Crippen LogP contribution < -0.4 is 5.32 Å². The van der Waals surface area contributed by atoms with E-state index in [-0.39, 0.29) is 0 Å². The van der Waals surface area contributed by atoms with E-state index in [1.807, 2.05) is 19.3 Å². The number of hydrogen-bond donors (Lipinski definition) is 1. The van der Waals surface area contributed by atoms with E-state index in [9.17, 15) is 0 Å². The van der Waals surface area contributed by atoms with E-state index in [0.717, 1.165) is 38.4 Å². The summed E-state index contributed by atoms with van der Waals surface area (Å²) in [4.78, 5) is 4.21. The Morgan fingerprint density at radius 2 is 2.50 bits per heavy atom. The summed E-state index contributed by atoms with van der Waals surface area (Å²) < 4.78 is 7.70. The van der Waals surface area contributed by atoms with Gasteiger partial charge in [-0.25, -0.2) is 4.98 Å². The Balaban J connectivity index is 1.70. The van der Waals surface area contributed by atoms with Crippen molar-refractivity contribution in [2.45, 2.75) is 45.4 Å². The van der Waals surface area contributed by atoms with Crippen molar-refractivity contribution in [1.29, 1.82) is 0 Å². The van der Waals surface area contributed by atoms with Gasteiger partial charge in [-0.2, -0.15) is 0 Å². The minimum atomic E-state index is 0.404. The molecule has 0 bridgehead atoms. The highest BCUT2D eigenvalue weighted by atomic mass is 16.5. The second kappa shape index (κ2) is 5.46. The zero-order valence-corrected chi connectivity index (χ0v) is 10.1. The van der Waals surface area contributed by atoms with Crippen molar-refractivity contribution >= 4 is 0 Å². The Morgan fingerprint density at radius 1 is 1.62 bits per heavy atom. The topological polar surface area (TPSA) is 39.1 Å². The summed E-state index contributed by atoms with van der Waals surface area (Å²) in [5, 5.41) is 3.59. The van der Waals surface area contributed by atoms with Gasteiger partial charge in [0.2, 0.25) is 0 Å². The standard InChI is InChI=1S/C12H21N3O/c1-10-9-12(3-8-16-10)14-5-7-15-6-4-13-11(15)2/h4,6,10,12,14H,3,5,7-9H2,1-2H3. The lowest BCUT2D eigenvalue weighted by atomic mass is 10.0. The number of imidazole rings is 1. The third kappa shape index (κ3) is 3.06. The minimum absolute atomic E-state index is 0.404. The third-order valence-corrected chi connectivity index (χ3v) is 3.19. The first-order valence-electron chi connectivity index (χ1n) is 6.08. The van der Waals surface area contributed by atoms with Gasteiger partial charge in [0.15, 0.2) is 0 Å². The lowest BCUT2D eigenvalue weighted by Crippen LogP contribution is -2.39. The quantitative estimate of drug-likeness (QED) is 0.837. The molecule has 1 aliphatic heterocycles. The second-order valence-electron chi connectivity index (χ2n) is 4.52. The molecule has 1 aromatic heterocycles. The van der Waals surface area contributed by atoms with Crippen molar-refractivity contribution in [2.75, 3.05) is 13.2 Å². The predicted molar refractivity (Wildman–Crippen MR) is 63.4 cm³/mol. The minimum Gasteiger partial charge on any atom is -0.378 e. The first kappa shape index (κ1) is 11.6. The summed E-state index contributed by atoms with van der Waals surface area (Å²) >= 11 is 0. The van der Waals surface area contributed by atoms with Crippen LogP contribution in [0.2, 0.25) is 0 Å². The fourth-order valence-electron chi connectivity index (χ4n) is 2.21. The molecular formula is C12H21N3O. The Labute approximate surface area is 97.0 Å². The molecule has 2 rings (SSSR count). The number of nitrogens with one attached hydrogen (secondary N) is 1. The van der Waals surface area contributed by atoms with E-state index >= 15 is 0 Å². The number of ether oxygens (including phenoxy) is 1. The van der Waals surface area contributed by atoms with Crippen LogP contribution in [0, 0.1) is 6.92 Å². The van der Waals surface area contributed by atoms with Crippen molar-refractivity contribution in [3.05, 3.63) is 18.2 Å². The summed E-state index contributed by atoms with van der Waals surface area (Å²) in [6.07, 6.45) is 6.55. The molecule has 2 unspecified atom stereocenters. The normalized spacial score (nSPS) is 25.9. The molecule has 16 heavy (non-hydrogen) atoms. The van der Waals surface area contributed by atoms with Gasteiger partial charge < -0.3 is 14.6 Å². The van der Waals surface area contributed by atoms with Gasteiger partial charge in [-0.1, -0.05) is 0 Å². The Kier molecular flexibility index (Phi) is 3.96. The molecule has 90 valence electrons. The Morgan fingerprint density at radius 3 is 3.19 bits per heavy atom.